The first kappa shape index (κ1) is 15.2. The summed E-state index contributed by atoms with van der Waals surface area (Å²) in [5, 5.41) is 3.93. The molecular formula is C17H16N4OS. The number of hydrogen-bond acceptors (Lipinski definition) is 6. The van der Waals surface area contributed by atoms with Crippen LogP contribution in [0, 0.1) is 0 Å². The van der Waals surface area contributed by atoms with Crippen LogP contribution in [0.5, 0.6) is 5.75 Å². The molecule has 23 heavy (non-hydrogen) atoms. The minimum Gasteiger partial charge on any atom is -0.497 e. The van der Waals surface area contributed by atoms with Gasteiger partial charge in [0.1, 0.15) is 22.8 Å². The zero-order chi connectivity index (χ0) is 16.1. The summed E-state index contributed by atoms with van der Waals surface area (Å²) in [4.78, 5) is 9.57. The third kappa shape index (κ3) is 3.73. The molecule has 0 amide bonds. The van der Waals surface area contributed by atoms with Crippen LogP contribution in [0.15, 0.2) is 70.8 Å². The number of nitrogens with one attached hydrogen (secondary N) is 1. The second kappa shape index (κ2) is 7.02. The Morgan fingerprint density at radius 2 is 1.74 bits per heavy atom. The maximum absolute atomic E-state index is 6.20. The second-order valence-corrected chi connectivity index (χ2v) is 5.77. The SMILES string of the molecule is COc1ccc(Nc2ncnc(Sc3ccccc3)c2N)cc1. The maximum atomic E-state index is 6.20. The van der Waals surface area contributed by atoms with E-state index in [1.54, 1.807) is 7.11 Å². The Kier molecular flexibility index (Phi) is 4.63. The molecule has 3 rings (SSSR count). The molecule has 0 aliphatic heterocycles. The van der Waals surface area contributed by atoms with Crippen molar-refractivity contribution in [3.05, 3.63) is 60.9 Å². The van der Waals surface area contributed by atoms with Gasteiger partial charge in [0.2, 0.25) is 0 Å². The van der Waals surface area contributed by atoms with Crippen molar-refractivity contribution in [3.8, 4) is 5.75 Å². The Morgan fingerprint density at radius 3 is 2.43 bits per heavy atom. The highest BCUT2D eigenvalue weighted by Gasteiger charge is 2.10. The van der Waals surface area contributed by atoms with E-state index >= 15 is 0 Å². The molecule has 0 saturated heterocycles. The molecule has 1 aromatic heterocycles. The fraction of sp³-hybridized carbons (Fsp3) is 0.0588. The molecule has 3 N–H and O–H groups in total. The fourth-order valence-corrected chi connectivity index (χ4v) is 2.79. The Bertz CT molecular complexity index is 778. The first-order valence-corrected chi connectivity index (χ1v) is 7.82. The van der Waals surface area contributed by atoms with Crippen molar-refractivity contribution in [1.82, 2.24) is 9.97 Å². The van der Waals surface area contributed by atoms with Crippen molar-refractivity contribution in [2.45, 2.75) is 9.92 Å². The lowest BCUT2D eigenvalue weighted by molar-refractivity contribution is 0.415. The number of anilines is 3. The molecule has 0 aliphatic carbocycles. The molecular weight excluding hydrogens is 308 g/mol. The van der Waals surface area contributed by atoms with Crippen LogP contribution in [0.1, 0.15) is 0 Å². The molecule has 0 radical (unpaired) electrons. The van der Waals surface area contributed by atoms with Crippen molar-refractivity contribution in [2.75, 3.05) is 18.2 Å². The summed E-state index contributed by atoms with van der Waals surface area (Å²) in [5.41, 5.74) is 7.61. The fourth-order valence-electron chi connectivity index (χ4n) is 1.97. The average molecular weight is 324 g/mol. The van der Waals surface area contributed by atoms with Gasteiger partial charge in [0.15, 0.2) is 5.82 Å². The Labute approximate surface area is 138 Å². The molecule has 3 aromatic rings. The highest BCUT2D eigenvalue weighted by atomic mass is 32.2. The summed E-state index contributed by atoms with van der Waals surface area (Å²) in [6.45, 7) is 0. The number of nitrogen functional groups attached to an aromatic ring is 1. The molecule has 0 fully saturated rings. The van der Waals surface area contributed by atoms with Crippen LogP contribution in [0.4, 0.5) is 17.2 Å². The van der Waals surface area contributed by atoms with Crippen molar-refractivity contribution in [3.63, 3.8) is 0 Å². The summed E-state index contributed by atoms with van der Waals surface area (Å²) in [5.74, 6) is 1.38. The monoisotopic (exact) mass is 324 g/mol. The highest BCUT2D eigenvalue weighted by Crippen LogP contribution is 2.33. The number of ether oxygens (including phenoxy) is 1. The number of nitrogens with zero attached hydrogens (tertiary/aromatic N) is 2. The van der Waals surface area contributed by atoms with E-state index in [9.17, 15) is 0 Å². The van der Waals surface area contributed by atoms with E-state index in [4.69, 9.17) is 10.5 Å². The number of benzene rings is 2. The van der Waals surface area contributed by atoms with Crippen molar-refractivity contribution in [1.29, 1.82) is 0 Å². The first-order chi connectivity index (χ1) is 11.3. The Hall–Kier alpha value is -2.73. The van der Waals surface area contributed by atoms with E-state index in [2.05, 4.69) is 15.3 Å². The highest BCUT2D eigenvalue weighted by molar-refractivity contribution is 7.99. The Balaban J connectivity index is 1.81. The van der Waals surface area contributed by atoms with Crippen LogP contribution < -0.4 is 15.8 Å². The molecule has 2 aromatic carbocycles. The van der Waals surface area contributed by atoms with Gasteiger partial charge in [-0.25, -0.2) is 9.97 Å². The van der Waals surface area contributed by atoms with E-state index in [-0.39, 0.29) is 0 Å². The van der Waals surface area contributed by atoms with E-state index in [1.807, 2.05) is 54.6 Å². The van der Waals surface area contributed by atoms with Gasteiger partial charge in [0.05, 0.1) is 7.11 Å². The molecule has 5 nitrogen and oxygen atoms in total. The summed E-state index contributed by atoms with van der Waals surface area (Å²) in [7, 11) is 1.64. The van der Waals surface area contributed by atoms with E-state index < -0.39 is 0 Å². The smallest absolute Gasteiger partial charge is 0.158 e. The predicted molar refractivity (Wildman–Crippen MR) is 93.3 cm³/mol. The lowest BCUT2D eigenvalue weighted by Crippen LogP contribution is -2.02. The zero-order valence-corrected chi connectivity index (χ0v) is 13.4. The minimum absolute atomic E-state index is 0.525. The lowest BCUT2D eigenvalue weighted by Gasteiger charge is -2.11. The minimum atomic E-state index is 0.525. The van der Waals surface area contributed by atoms with Gasteiger partial charge < -0.3 is 15.8 Å². The summed E-state index contributed by atoms with van der Waals surface area (Å²) < 4.78 is 5.15. The molecule has 6 heteroatoms. The third-order valence-electron chi connectivity index (χ3n) is 3.16. The molecule has 116 valence electrons. The molecule has 1 heterocycles. The molecule has 0 aliphatic rings. The van der Waals surface area contributed by atoms with Gasteiger partial charge in [0.25, 0.3) is 0 Å². The third-order valence-corrected chi connectivity index (χ3v) is 4.18. The van der Waals surface area contributed by atoms with E-state index in [0.29, 0.717) is 11.5 Å². The van der Waals surface area contributed by atoms with Crippen LogP contribution in [0.3, 0.4) is 0 Å². The van der Waals surface area contributed by atoms with E-state index in [0.717, 1.165) is 21.4 Å². The Morgan fingerprint density at radius 1 is 1.00 bits per heavy atom. The topological polar surface area (TPSA) is 73.1 Å². The number of aromatic nitrogens is 2. The zero-order valence-electron chi connectivity index (χ0n) is 12.6. The van der Waals surface area contributed by atoms with Gasteiger partial charge in [-0.3, -0.25) is 0 Å². The largest absolute Gasteiger partial charge is 0.497 e. The van der Waals surface area contributed by atoms with Crippen LogP contribution in [-0.4, -0.2) is 17.1 Å². The molecule has 0 unspecified atom stereocenters. The lowest BCUT2D eigenvalue weighted by atomic mass is 10.3. The van der Waals surface area contributed by atoms with E-state index in [1.165, 1.54) is 18.1 Å². The van der Waals surface area contributed by atoms with Gasteiger partial charge in [-0.05, 0) is 36.4 Å². The molecule has 0 atom stereocenters. The quantitative estimate of drug-likeness (QED) is 0.692. The summed E-state index contributed by atoms with van der Waals surface area (Å²) >= 11 is 1.51. The van der Waals surface area contributed by atoms with Gasteiger partial charge in [0, 0.05) is 10.6 Å². The van der Waals surface area contributed by atoms with Gasteiger partial charge in [-0.1, -0.05) is 30.0 Å². The van der Waals surface area contributed by atoms with Crippen LogP contribution in [-0.2, 0) is 0 Å². The first-order valence-electron chi connectivity index (χ1n) is 7.00. The molecule has 0 saturated carbocycles. The van der Waals surface area contributed by atoms with Gasteiger partial charge in [-0.2, -0.15) is 0 Å². The summed E-state index contributed by atoms with van der Waals surface area (Å²) in [6.07, 6.45) is 1.51. The predicted octanol–water partition coefficient (Wildman–Crippen LogP) is 3.96. The number of methoxy groups -OCH3 is 1. The maximum Gasteiger partial charge on any atom is 0.158 e. The van der Waals surface area contributed by atoms with Crippen LogP contribution in [0.2, 0.25) is 0 Å². The van der Waals surface area contributed by atoms with Crippen LogP contribution in [0.25, 0.3) is 0 Å². The van der Waals surface area contributed by atoms with Crippen LogP contribution >= 0.6 is 11.8 Å². The second-order valence-electron chi connectivity index (χ2n) is 4.71. The number of rotatable bonds is 5. The number of nitrogens with two attached hydrogens (primary N) is 1. The molecule has 0 spiro atoms. The normalized spacial score (nSPS) is 10.3. The standard InChI is InChI=1S/C17H16N4OS/c1-22-13-9-7-12(8-10-13)21-16-15(18)17(20-11-19-16)23-14-5-3-2-4-6-14/h2-11H,18H2,1H3,(H,19,20,21). The van der Waals surface area contributed by atoms with Crippen molar-refractivity contribution >= 4 is 29.0 Å². The van der Waals surface area contributed by atoms with Crippen molar-refractivity contribution in [2.24, 2.45) is 0 Å². The van der Waals surface area contributed by atoms with Gasteiger partial charge in [-0.15, -0.1) is 0 Å². The molecule has 0 bridgehead atoms. The van der Waals surface area contributed by atoms with Gasteiger partial charge >= 0.3 is 0 Å². The van der Waals surface area contributed by atoms with Crippen molar-refractivity contribution < 1.29 is 4.74 Å². The summed E-state index contributed by atoms with van der Waals surface area (Å²) in [6, 6.07) is 17.5. The average Bonchev–Trinajstić information content (AvgIpc) is 2.60. The number of hydrogen-bond donors (Lipinski definition) is 2.